The van der Waals surface area contributed by atoms with Crippen LogP contribution in [0.4, 0.5) is 5.69 Å². The van der Waals surface area contributed by atoms with Crippen LogP contribution in [0.3, 0.4) is 0 Å². The quantitative estimate of drug-likeness (QED) is 0.664. The molecule has 0 aromatic heterocycles. The molecule has 1 fully saturated rings. The van der Waals surface area contributed by atoms with Crippen molar-refractivity contribution in [2.45, 2.75) is 6.54 Å². The van der Waals surface area contributed by atoms with E-state index < -0.39 is 11.9 Å². The Labute approximate surface area is 181 Å². The van der Waals surface area contributed by atoms with E-state index in [9.17, 15) is 0 Å². The number of carbonyl (C=O) groups is 2. The van der Waals surface area contributed by atoms with Gasteiger partial charge in [-0.1, -0.05) is 18.2 Å². The highest BCUT2D eigenvalue weighted by Crippen LogP contribution is 2.29. The molecule has 1 aliphatic rings. The summed E-state index contributed by atoms with van der Waals surface area (Å²) >= 11 is 0. The third-order valence-corrected chi connectivity index (χ3v) is 4.87. The Morgan fingerprint density at radius 2 is 1.45 bits per heavy atom. The zero-order valence-corrected chi connectivity index (χ0v) is 17.9. The van der Waals surface area contributed by atoms with Gasteiger partial charge in [-0.25, -0.2) is 9.59 Å². The minimum atomic E-state index is -1.82. The number of carboxylic acids is 2. The fraction of sp³-hybridized carbons (Fsp3) is 0.364. The number of hydrogen-bond acceptors (Lipinski definition) is 7. The number of methoxy groups -OCH3 is 3. The van der Waals surface area contributed by atoms with Crippen LogP contribution in [0.1, 0.15) is 5.56 Å². The molecule has 3 rings (SSSR count). The summed E-state index contributed by atoms with van der Waals surface area (Å²) in [6.45, 7) is 4.87. The predicted molar refractivity (Wildman–Crippen MR) is 115 cm³/mol. The highest BCUT2D eigenvalue weighted by molar-refractivity contribution is 6.27. The highest BCUT2D eigenvalue weighted by atomic mass is 16.5. The van der Waals surface area contributed by atoms with Gasteiger partial charge in [0.1, 0.15) is 17.2 Å². The van der Waals surface area contributed by atoms with Gasteiger partial charge < -0.3 is 29.3 Å². The minimum absolute atomic E-state index is 0.821. The number of nitrogens with zero attached hydrogens (tertiary/aromatic N) is 2. The number of rotatable bonds is 6. The Morgan fingerprint density at radius 3 is 2.00 bits per heavy atom. The summed E-state index contributed by atoms with van der Waals surface area (Å²) in [7, 11) is 5.11. The molecule has 168 valence electrons. The van der Waals surface area contributed by atoms with E-state index in [1.165, 1.54) is 11.3 Å². The van der Waals surface area contributed by atoms with Gasteiger partial charge in [-0.3, -0.25) is 4.90 Å². The first-order chi connectivity index (χ1) is 14.9. The summed E-state index contributed by atoms with van der Waals surface area (Å²) in [6, 6.07) is 14.2. The number of anilines is 1. The molecule has 1 heterocycles. The van der Waals surface area contributed by atoms with Gasteiger partial charge in [-0.2, -0.15) is 0 Å². The highest BCUT2D eigenvalue weighted by Gasteiger charge is 2.20. The molecular weight excluding hydrogens is 404 g/mol. The van der Waals surface area contributed by atoms with Crippen LogP contribution in [0, 0.1) is 0 Å². The van der Waals surface area contributed by atoms with Crippen LogP contribution >= 0.6 is 0 Å². The molecule has 0 bridgehead atoms. The van der Waals surface area contributed by atoms with Crippen LogP contribution in [-0.4, -0.2) is 74.6 Å². The topological polar surface area (TPSA) is 109 Å². The van der Waals surface area contributed by atoms with E-state index in [1.807, 2.05) is 24.3 Å². The molecule has 0 atom stereocenters. The second-order valence-corrected chi connectivity index (χ2v) is 6.72. The van der Waals surface area contributed by atoms with Gasteiger partial charge in [-0.05, 0) is 18.2 Å². The van der Waals surface area contributed by atoms with E-state index in [0.717, 1.165) is 50.0 Å². The van der Waals surface area contributed by atoms with Crippen molar-refractivity contribution in [3.63, 3.8) is 0 Å². The molecule has 0 amide bonds. The molecular formula is C22H28N2O7. The number of hydrogen-bond donors (Lipinski definition) is 2. The van der Waals surface area contributed by atoms with Gasteiger partial charge in [-0.15, -0.1) is 0 Å². The third kappa shape index (κ3) is 6.78. The van der Waals surface area contributed by atoms with Gasteiger partial charge in [0.05, 0.1) is 27.0 Å². The van der Waals surface area contributed by atoms with Crippen molar-refractivity contribution in [2.24, 2.45) is 0 Å². The number of carboxylic acid groups (broad SMARTS) is 2. The lowest BCUT2D eigenvalue weighted by molar-refractivity contribution is -0.159. The van der Waals surface area contributed by atoms with Crippen LogP contribution in [0.15, 0.2) is 42.5 Å². The predicted octanol–water partition coefficient (Wildman–Crippen LogP) is 2.19. The lowest BCUT2D eigenvalue weighted by atomic mass is 10.1. The van der Waals surface area contributed by atoms with Crippen molar-refractivity contribution >= 4 is 17.6 Å². The fourth-order valence-corrected chi connectivity index (χ4v) is 3.26. The Morgan fingerprint density at radius 1 is 0.839 bits per heavy atom. The molecule has 9 heteroatoms. The van der Waals surface area contributed by atoms with Crippen LogP contribution < -0.4 is 19.1 Å². The number of para-hydroxylation sites is 2. The minimum Gasteiger partial charge on any atom is -0.497 e. The normalized spacial score (nSPS) is 13.6. The second-order valence-electron chi connectivity index (χ2n) is 6.72. The number of piperazine rings is 1. The maximum Gasteiger partial charge on any atom is 0.414 e. The van der Waals surface area contributed by atoms with Gasteiger partial charge in [0.25, 0.3) is 0 Å². The summed E-state index contributed by atoms with van der Waals surface area (Å²) in [6.07, 6.45) is 0. The van der Waals surface area contributed by atoms with Crippen molar-refractivity contribution < 1.29 is 34.0 Å². The summed E-state index contributed by atoms with van der Waals surface area (Å²) in [4.78, 5) is 23.0. The third-order valence-electron chi connectivity index (χ3n) is 4.87. The lowest BCUT2D eigenvalue weighted by Crippen LogP contribution is -2.46. The monoisotopic (exact) mass is 432 g/mol. The Balaban J connectivity index is 0.000000501. The second kappa shape index (κ2) is 11.7. The Hall–Kier alpha value is -3.46. The Bertz CT molecular complexity index is 868. The van der Waals surface area contributed by atoms with Crippen LogP contribution in [0.2, 0.25) is 0 Å². The standard InChI is InChI=1S/C20H26N2O3.C2H2O4/c1-23-17-9-8-16(20(14-17)25-3)15-21-10-12-22(13-11-21)18-6-4-5-7-19(18)24-2;3-1(4)2(5)6/h4-9,14H,10-13,15H2,1-3H3;(H,3,4)(H,5,6). The summed E-state index contributed by atoms with van der Waals surface area (Å²) in [5.74, 6) is -1.01. The smallest absolute Gasteiger partial charge is 0.414 e. The zero-order valence-electron chi connectivity index (χ0n) is 17.9. The number of ether oxygens (including phenoxy) is 3. The molecule has 0 spiro atoms. The first-order valence-corrected chi connectivity index (χ1v) is 9.67. The first-order valence-electron chi connectivity index (χ1n) is 9.67. The van der Waals surface area contributed by atoms with Crippen LogP contribution in [0.5, 0.6) is 17.2 Å². The average Bonchev–Trinajstić information content (AvgIpc) is 2.80. The lowest BCUT2D eigenvalue weighted by Gasteiger charge is -2.36. The first kappa shape index (κ1) is 23.8. The molecule has 9 nitrogen and oxygen atoms in total. The van der Waals surface area contributed by atoms with E-state index in [-0.39, 0.29) is 0 Å². The number of benzene rings is 2. The van der Waals surface area contributed by atoms with Crippen molar-refractivity contribution in [3.8, 4) is 17.2 Å². The van der Waals surface area contributed by atoms with Gasteiger partial charge >= 0.3 is 11.9 Å². The molecule has 0 unspecified atom stereocenters. The van der Waals surface area contributed by atoms with E-state index in [0.29, 0.717) is 0 Å². The van der Waals surface area contributed by atoms with Crippen LogP contribution in [0.25, 0.3) is 0 Å². The van der Waals surface area contributed by atoms with Crippen molar-refractivity contribution in [3.05, 3.63) is 48.0 Å². The van der Waals surface area contributed by atoms with Crippen LogP contribution in [-0.2, 0) is 16.1 Å². The van der Waals surface area contributed by atoms with Gasteiger partial charge in [0, 0.05) is 44.4 Å². The summed E-state index contributed by atoms with van der Waals surface area (Å²) in [5, 5.41) is 14.8. The molecule has 2 N–H and O–H groups in total. The molecule has 0 aliphatic carbocycles. The van der Waals surface area contributed by atoms with E-state index in [2.05, 4.69) is 28.0 Å². The maximum absolute atomic E-state index is 9.10. The maximum atomic E-state index is 9.10. The van der Waals surface area contributed by atoms with Gasteiger partial charge in [0.15, 0.2) is 0 Å². The van der Waals surface area contributed by atoms with Gasteiger partial charge in [0.2, 0.25) is 0 Å². The molecule has 1 aliphatic heterocycles. The Kier molecular flexibility index (Phi) is 8.95. The van der Waals surface area contributed by atoms with Crippen molar-refractivity contribution in [1.29, 1.82) is 0 Å². The SMILES string of the molecule is COc1ccc(CN2CCN(c3ccccc3OC)CC2)c(OC)c1.O=C(O)C(=O)O. The molecule has 31 heavy (non-hydrogen) atoms. The fourth-order valence-electron chi connectivity index (χ4n) is 3.26. The average molecular weight is 432 g/mol. The largest absolute Gasteiger partial charge is 0.497 e. The molecule has 0 saturated carbocycles. The summed E-state index contributed by atoms with van der Waals surface area (Å²) < 4.78 is 16.3. The van der Waals surface area contributed by atoms with E-state index in [1.54, 1.807) is 21.3 Å². The number of aliphatic carboxylic acids is 2. The van der Waals surface area contributed by atoms with Crippen molar-refractivity contribution in [2.75, 3.05) is 52.4 Å². The summed E-state index contributed by atoms with van der Waals surface area (Å²) in [5.41, 5.74) is 2.36. The molecule has 2 aromatic rings. The van der Waals surface area contributed by atoms with E-state index in [4.69, 9.17) is 34.0 Å². The molecule has 2 aromatic carbocycles. The van der Waals surface area contributed by atoms with E-state index >= 15 is 0 Å². The zero-order chi connectivity index (χ0) is 22.8. The molecule has 0 radical (unpaired) electrons. The molecule has 1 saturated heterocycles. The van der Waals surface area contributed by atoms with Crippen molar-refractivity contribution in [1.82, 2.24) is 4.90 Å².